The Labute approximate surface area is 182 Å². The molecule has 0 aliphatic carbocycles. The first-order valence-electron chi connectivity index (χ1n) is 10.1. The zero-order valence-electron chi connectivity index (χ0n) is 17.4. The molecule has 0 saturated carbocycles. The second kappa shape index (κ2) is 10.8. The van der Waals surface area contributed by atoms with Gasteiger partial charge in [-0.3, -0.25) is 0 Å². The van der Waals surface area contributed by atoms with Crippen LogP contribution in [0, 0.1) is 0 Å². The Hall–Kier alpha value is -3.80. The molecule has 0 heterocycles. The molecule has 0 saturated heterocycles. The van der Waals surface area contributed by atoms with Crippen LogP contribution in [-0.2, 0) is 29.1 Å². The van der Waals surface area contributed by atoms with Crippen molar-refractivity contribution in [2.24, 2.45) is 0 Å². The number of hydrogen-bond donors (Lipinski definition) is 2. The van der Waals surface area contributed by atoms with E-state index in [9.17, 15) is 14.7 Å². The van der Waals surface area contributed by atoms with E-state index in [4.69, 9.17) is 4.74 Å². The molecule has 1 unspecified atom stereocenters. The average Bonchev–Trinajstić information content (AvgIpc) is 2.79. The third-order valence-corrected chi connectivity index (χ3v) is 4.88. The normalized spacial score (nSPS) is 11.4. The number of ether oxygens (including phenoxy) is 1. The predicted octanol–water partition coefficient (Wildman–Crippen LogP) is 4.25. The minimum Gasteiger partial charge on any atom is -0.480 e. The molecule has 2 N–H and O–H groups in total. The highest BCUT2D eigenvalue weighted by atomic mass is 16.5. The lowest BCUT2D eigenvalue weighted by Gasteiger charge is -2.19. The maximum Gasteiger partial charge on any atom is 0.408 e. The molecule has 3 aromatic rings. The van der Waals surface area contributed by atoms with E-state index >= 15 is 0 Å². The quantitative estimate of drug-likeness (QED) is 0.543. The van der Waals surface area contributed by atoms with Crippen LogP contribution < -0.4 is 10.2 Å². The van der Waals surface area contributed by atoms with Crippen LogP contribution in [-0.4, -0.2) is 30.3 Å². The summed E-state index contributed by atoms with van der Waals surface area (Å²) in [6.07, 6.45) is -0.564. The topological polar surface area (TPSA) is 78.9 Å². The van der Waals surface area contributed by atoms with Crippen molar-refractivity contribution in [3.63, 3.8) is 0 Å². The van der Waals surface area contributed by atoms with Gasteiger partial charge in [0.25, 0.3) is 0 Å². The van der Waals surface area contributed by atoms with Gasteiger partial charge in [-0.2, -0.15) is 0 Å². The highest BCUT2D eigenvalue weighted by molar-refractivity contribution is 5.80. The van der Waals surface area contributed by atoms with Crippen molar-refractivity contribution in [2.45, 2.75) is 25.6 Å². The maximum absolute atomic E-state index is 12.1. The highest BCUT2D eigenvalue weighted by Crippen LogP contribution is 2.15. The van der Waals surface area contributed by atoms with Gasteiger partial charge in [0, 0.05) is 25.7 Å². The van der Waals surface area contributed by atoms with Gasteiger partial charge < -0.3 is 20.1 Å². The molecular weight excluding hydrogens is 392 g/mol. The summed E-state index contributed by atoms with van der Waals surface area (Å²) < 4.78 is 5.21. The van der Waals surface area contributed by atoms with Crippen molar-refractivity contribution in [2.75, 3.05) is 11.9 Å². The van der Waals surface area contributed by atoms with E-state index in [1.165, 1.54) is 0 Å². The summed E-state index contributed by atoms with van der Waals surface area (Å²) in [6.45, 7) is 0.823. The van der Waals surface area contributed by atoms with Gasteiger partial charge in [-0.15, -0.1) is 0 Å². The number of carboxylic acid groups (broad SMARTS) is 1. The summed E-state index contributed by atoms with van der Waals surface area (Å²) in [6, 6.07) is 26.0. The Balaban J connectivity index is 1.48. The third kappa shape index (κ3) is 6.89. The van der Waals surface area contributed by atoms with Gasteiger partial charge in [-0.25, -0.2) is 9.59 Å². The molecule has 0 aliphatic rings. The first-order valence-corrected chi connectivity index (χ1v) is 10.1. The summed E-state index contributed by atoms with van der Waals surface area (Å²) in [5, 5.41) is 11.8. The molecular formula is C25H26N2O4. The lowest BCUT2D eigenvalue weighted by Crippen LogP contribution is -2.42. The summed E-state index contributed by atoms with van der Waals surface area (Å²) in [5.41, 5.74) is 3.92. The molecule has 6 nitrogen and oxygen atoms in total. The number of nitrogens with one attached hydrogen (secondary N) is 1. The fourth-order valence-corrected chi connectivity index (χ4v) is 3.17. The Bertz CT molecular complexity index is 975. The lowest BCUT2D eigenvalue weighted by atomic mass is 10.1. The predicted molar refractivity (Wildman–Crippen MR) is 120 cm³/mol. The number of hydrogen-bond acceptors (Lipinski definition) is 4. The molecule has 0 bridgehead atoms. The second-order valence-corrected chi connectivity index (χ2v) is 7.31. The Morgan fingerprint density at radius 2 is 1.45 bits per heavy atom. The van der Waals surface area contributed by atoms with E-state index in [0.29, 0.717) is 0 Å². The van der Waals surface area contributed by atoms with Crippen LogP contribution in [0.4, 0.5) is 10.5 Å². The Kier molecular flexibility index (Phi) is 7.65. The van der Waals surface area contributed by atoms with Crippen LogP contribution >= 0.6 is 0 Å². The van der Waals surface area contributed by atoms with Gasteiger partial charge in [0.2, 0.25) is 0 Å². The molecule has 0 aliphatic heterocycles. The molecule has 6 heteroatoms. The molecule has 0 fully saturated rings. The number of carbonyl (C=O) groups is 2. The number of carboxylic acids is 1. The fraction of sp³-hybridized carbons (Fsp3) is 0.200. The van der Waals surface area contributed by atoms with Crippen molar-refractivity contribution in [3.05, 3.63) is 102 Å². The van der Waals surface area contributed by atoms with Crippen molar-refractivity contribution in [1.82, 2.24) is 5.32 Å². The van der Waals surface area contributed by atoms with E-state index in [1.54, 1.807) is 0 Å². The van der Waals surface area contributed by atoms with Crippen LogP contribution in [0.2, 0.25) is 0 Å². The maximum atomic E-state index is 12.1. The highest BCUT2D eigenvalue weighted by Gasteiger charge is 2.21. The largest absolute Gasteiger partial charge is 0.480 e. The van der Waals surface area contributed by atoms with Gasteiger partial charge in [0.1, 0.15) is 12.6 Å². The van der Waals surface area contributed by atoms with Gasteiger partial charge in [-0.05, 0) is 28.8 Å². The SMILES string of the molecule is CN(Cc1ccc(COC(=O)NC(Cc2ccccc2)C(=O)O)cc1)c1ccccc1. The van der Waals surface area contributed by atoms with E-state index in [-0.39, 0.29) is 13.0 Å². The Morgan fingerprint density at radius 1 is 0.871 bits per heavy atom. The number of anilines is 1. The Morgan fingerprint density at radius 3 is 2.06 bits per heavy atom. The number of rotatable bonds is 9. The number of carbonyl (C=O) groups excluding carboxylic acids is 1. The number of alkyl carbamates (subject to hydrolysis) is 1. The van der Waals surface area contributed by atoms with Crippen LogP contribution in [0.3, 0.4) is 0 Å². The minimum atomic E-state index is -1.10. The van der Waals surface area contributed by atoms with Crippen LogP contribution in [0.1, 0.15) is 16.7 Å². The molecule has 1 atom stereocenters. The summed E-state index contributed by atoms with van der Waals surface area (Å²) in [7, 11) is 2.03. The van der Waals surface area contributed by atoms with Gasteiger partial charge in [0.05, 0.1) is 0 Å². The molecule has 1 amide bonds. The smallest absolute Gasteiger partial charge is 0.408 e. The first-order chi connectivity index (χ1) is 15.0. The molecule has 0 radical (unpaired) electrons. The van der Waals surface area contributed by atoms with Crippen molar-refractivity contribution >= 4 is 17.7 Å². The van der Waals surface area contributed by atoms with E-state index in [0.717, 1.165) is 28.9 Å². The van der Waals surface area contributed by atoms with Crippen molar-refractivity contribution in [1.29, 1.82) is 0 Å². The number of aliphatic carboxylic acids is 1. The molecule has 0 aromatic heterocycles. The molecule has 3 rings (SSSR count). The zero-order valence-corrected chi connectivity index (χ0v) is 17.4. The summed E-state index contributed by atoms with van der Waals surface area (Å²) in [5.74, 6) is -1.10. The van der Waals surface area contributed by atoms with Gasteiger partial charge >= 0.3 is 12.1 Å². The fourth-order valence-electron chi connectivity index (χ4n) is 3.17. The number of para-hydroxylation sites is 1. The standard InChI is InChI=1S/C25H26N2O4/c1-27(22-10-6-3-7-11-22)17-20-12-14-21(15-13-20)18-31-25(30)26-23(24(28)29)16-19-8-4-2-5-9-19/h2-15,23H,16-18H2,1H3,(H,26,30)(H,28,29). The van der Waals surface area contributed by atoms with Gasteiger partial charge in [-0.1, -0.05) is 72.8 Å². The number of benzene rings is 3. The number of nitrogens with zero attached hydrogens (tertiary/aromatic N) is 1. The monoisotopic (exact) mass is 418 g/mol. The van der Waals surface area contributed by atoms with E-state index < -0.39 is 18.1 Å². The lowest BCUT2D eigenvalue weighted by molar-refractivity contribution is -0.139. The van der Waals surface area contributed by atoms with Crippen LogP contribution in [0.15, 0.2) is 84.9 Å². The molecule has 160 valence electrons. The second-order valence-electron chi connectivity index (χ2n) is 7.31. The average molecular weight is 418 g/mol. The first kappa shape index (κ1) is 21.9. The van der Waals surface area contributed by atoms with Crippen LogP contribution in [0.5, 0.6) is 0 Å². The third-order valence-electron chi connectivity index (χ3n) is 4.88. The van der Waals surface area contributed by atoms with Crippen molar-refractivity contribution in [3.8, 4) is 0 Å². The summed E-state index contributed by atoms with van der Waals surface area (Å²) in [4.78, 5) is 25.7. The van der Waals surface area contributed by atoms with E-state index in [2.05, 4.69) is 22.3 Å². The molecule has 31 heavy (non-hydrogen) atoms. The molecule has 0 spiro atoms. The molecule has 3 aromatic carbocycles. The number of amides is 1. The van der Waals surface area contributed by atoms with Crippen molar-refractivity contribution < 1.29 is 19.4 Å². The zero-order chi connectivity index (χ0) is 22.1. The van der Waals surface area contributed by atoms with Crippen LogP contribution in [0.25, 0.3) is 0 Å². The van der Waals surface area contributed by atoms with E-state index in [1.807, 2.05) is 79.8 Å². The minimum absolute atomic E-state index is 0.0678. The van der Waals surface area contributed by atoms with Gasteiger partial charge in [0.15, 0.2) is 0 Å². The summed E-state index contributed by atoms with van der Waals surface area (Å²) >= 11 is 0.